The highest BCUT2D eigenvalue weighted by Gasteiger charge is 2.37. The first-order valence-corrected chi connectivity index (χ1v) is 9.36. The molecule has 1 heterocycles. The first-order valence-electron chi connectivity index (χ1n) is 8.99. The molecule has 0 saturated carbocycles. The average Bonchev–Trinajstić information content (AvgIpc) is 2.64. The van der Waals surface area contributed by atoms with Crippen LogP contribution in [0, 0.1) is 0 Å². The third-order valence-corrected chi connectivity index (χ3v) is 5.39. The van der Waals surface area contributed by atoms with E-state index in [4.69, 9.17) is 11.6 Å². The second-order valence-electron chi connectivity index (χ2n) is 7.00. The highest BCUT2D eigenvalue weighted by Crippen LogP contribution is 2.33. The largest absolute Gasteiger partial charge is 0.387 e. The fourth-order valence-electron chi connectivity index (χ4n) is 3.73. The maximum atomic E-state index is 11.8. The molecule has 1 aliphatic rings. The molecule has 1 saturated heterocycles. The van der Waals surface area contributed by atoms with Gasteiger partial charge in [0.25, 0.3) is 0 Å². The molecule has 2 aromatic carbocycles. The van der Waals surface area contributed by atoms with Gasteiger partial charge in [-0.05, 0) is 36.1 Å². The monoisotopic (exact) mass is 372 g/mol. The van der Waals surface area contributed by atoms with Crippen LogP contribution in [0.1, 0.15) is 37.0 Å². The van der Waals surface area contributed by atoms with E-state index in [0.29, 0.717) is 11.6 Å². The molecular formula is C21H25ClN2O2. The summed E-state index contributed by atoms with van der Waals surface area (Å²) in [6.07, 6.45) is 1.10. The maximum Gasteiger partial charge on any atom is 0.217 e. The SMILES string of the molecule is CC(=O)NC1(c2ccccc2)CCN(C[C@@H](O)c2ccc(Cl)cc2)CC1. The van der Waals surface area contributed by atoms with E-state index in [0.717, 1.165) is 37.1 Å². The first-order chi connectivity index (χ1) is 12.5. The Bertz CT molecular complexity index is 725. The lowest BCUT2D eigenvalue weighted by atomic mass is 9.80. The van der Waals surface area contributed by atoms with E-state index in [1.807, 2.05) is 30.3 Å². The molecule has 2 N–H and O–H groups in total. The molecule has 1 aliphatic heterocycles. The number of piperidine rings is 1. The number of amides is 1. The zero-order valence-electron chi connectivity index (χ0n) is 15.0. The Morgan fingerprint density at radius 2 is 1.77 bits per heavy atom. The molecular weight excluding hydrogens is 348 g/mol. The van der Waals surface area contributed by atoms with Crippen LogP contribution in [0.3, 0.4) is 0 Å². The fourth-order valence-corrected chi connectivity index (χ4v) is 3.86. The quantitative estimate of drug-likeness (QED) is 0.844. The minimum atomic E-state index is -0.544. The van der Waals surface area contributed by atoms with Gasteiger partial charge in [-0.1, -0.05) is 54.1 Å². The molecule has 0 unspecified atom stereocenters. The molecule has 138 valence electrons. The first kappa shape index (κ1) is 18.9. The Hall–Kier alpha value is -1.88. The molecule has 0 bridgehead atoms. The van der Waals surface area contributed by atoms with Gasteiger partial charge in [-0.2, -0.15) is 0 Å². The Labute approximate surface area is 159 Å². The number of nitrogens with one attached hydrogen (secondary N) is 1. The van der Waals surface area contributed by atoms with E-state index >= 15 is 0 Å². The molecule has 1 fully saturated rings. The molecule has 1 amide bonds. The second kappa shape index (κ2) is 8.21. The maximum absolute atomic E-state index is 11.8. The summed E-state index contributed by atoms with van der Waals surface area (Å²) >= 11 is 5.91. The topological polar surface area (TPSA) is 52.6 Å². The van der Waals surface area contributed by atoms with Gasteiger partial charge in [-0.3, -0.25) is 4.79 Å². The predicted octanol–water partition coefficient (Wildman–Crippen LogP) is 3.50. The van der Waals surface area contributed by atoms with Gasteiger partial charge >= 0.3 is 0 Å². The van der Waals surface area contributed by atoms with Gasteiger partial charge in [0.15, 0.2) is 0 Å². The molecule has 3 rings (SSSR count). The van der Waals surface area contributed by atoms with Gasteiger partial charge in [0.2, 0.25) is 5.91 Å². The van der Waals surface area contributed by atoms with Crippen molar-refractivity contribution >= 4 is 17.5 Å². The number of carbonyl (C=O) groups excluding carboxylic acids is 1. The summed E-state index contributed by atoms with van der Waals surface area (Å²) in [5.41, 5.74) is 1.69. The highest BCUT2D eigenvalue weighted by atomic mass is 35.5. The van der Waals surface area contributed by atoms with Crippen LogP contribution in [-0.2, 0) is 10.3 Å². The van der Waals surface area contributed by atoms with Crippen molar-refractivity contribution in [2.24, 2.45) is 0 Å². The number of carbonyl (C=O) groups is 1. The summed E-state index contributed by atoms with van der Waals surface area (Å²) in [7, 11) is 0. The van der Waals surface area contributed by atoms with Crippen molar-refractivity contribution in [2.45, 2.75) is 31.4 Å². The number of nitrogens with zero attached hydrogens (tertiary/aromatic N) is 1. The molecule has 0 radical (unpaired) electrons. The molecule has 1 atom stereocenters. The Morgan fingerprint density at radius 3 is 2.35 bits per heavy atom. The number of aliphatic hydroxyl groups is 1. The molecule has 0 aromatic heterocycles. The number of hydrogen-bond acceptors (Lipinski definition) is 3. The minimum Gasteiger partial charge on any atom is -0.387 e. The summed E-state index contributed by atoms with van der Waals surface area (Å²) in [6.45, 7) is 3.79. The zero-order chi connectivity index (χ0) is 18.6. The number of aliphatic hydroxyl groups excluding tert-OH is 1. The van der Waals surface area contributed by atoms with E-state index in [2.05, 4.69) is 22.3 Å². The van der Waals surface area contributed by atoms with E-state index in [-0.39, 0.29) is 11.4 Å². The standard InChI is InChI=1S/C21H25ClN2O2/c1-16(25)23-21(18-5-3-2-4-6-18)11-13-24(14-12-21)15-20(26)17-7-9-19(22)10-8-17/h2-10,20,26H,11-15H2,1H3,(H,23,25)/t20-/m1/s1. The summed E-state index contributed by atoms with van der Waals surface area (Å²) in [5, 5.41) is 14.4. The van der Waals surface area contributed by atoms with Crippen LogP contribution in [0.15, 0.2) is 54.6 Å². The Balaban J connectivity index is 1.66. The van der Waals surface area contributed by atoms with Crippen molar-refractivity contribution in [1.29, 1.82) is 0 Å². The lowest BCUT2D eigenvalue weighted by molar-refractivity contribution is -0.121. The zero-order valence-corrected chi connectivity index (χ0v) is 15.7. The van der Waals surface area contributed by atoms with Crippen LogP contribution in [0.5, 0.6) is 0 Å². The molecule has 0 spiro atoms. The molecule has 26 heavy (non-hydrogen) atoms. The lowest BCUT2D eigenvalue weighted by Gasteiger charge is -2.43. The van der Waals surface area contributed by atoms with Crippen molar-refractivity contribution < 1.29 is 9.90 Å². The summed E-state index contributed by atoms with van der Waals surface area (Å²) in [6, 6.07) is 17.5. The molecule has 4 nitrogen and oxygen atoms in total. The third-order valence-electron chi connectivity index (χ3n) is 5.14. The van der Waals surface area contributed by atoms with E-state index in [1.54, 1.807) is 19.1 Å². The Morgan fingerprint density at radius 1 is 1.15 bits per heavy atom. The fraction of sp³-hybridized carbons (Fsp3) is 0.381. The number of rotatable bonds is 5. The molecule has 2 aromatic rings. The van der Waals surface area contributed by atoms with Gasteiger partial charge in [0.1, 0.15) is 0 Å². The van der Waals surface area contributed by atoms with Crippen LogP contribution in [0.4, 0.5) is 0 Å². The van der Waals surface area contributed by atoms with Crippen molar-refractivity contribution in [3.8, 4) is 0 Å². The summed E-state index contributed by atoms with van der Waals surface area (Å²) < 4.78 is 0. The van der Waals surface area contributed by atoms with Gasteiger partial charge in [-0.15, -0.1) is 0 Å². The van der Waals surface area contributed by atoms with Gasteiger partial charge in [-0.25, -0.2) is 0 Å². The Kier molecular flexibility index (Phi) is 5.97. The van der Waals surface area contributed by atoms with E-state index in [9.17, 15) is 9.90 Å². The van der Waals surface area contributed by atoms with Crippen molar-refractivity contribution in [1.82, 2.24) is 10.2 Å². The predicted molar refractivity (Wildman–Crippen MR) is 104 cm³/mol. The second-order valence-corrected chi connectivity index (χ2v) is 7.43. The summed E-state index contributed by atoms with van der Waals surface area (Å²) in [5.74, 6) is -0.0106. The van der Waals surface area contributed by atoms with Crippen LogP contribution in [0.2, 0.25) is 5.02 Å². The van der Waals surface area contributed by atoms with Crippen molar-refractivity contribution in [3.63, 3.8) is 0 Å². The van der Waals surface area contributed by atoms with Gasteiger partial charge < -0.3 is 15.3 Å². The van der Waals surface area contributed by atoms with E-state index in [1.165, 1.54) is 0 Å². The third kappa shape index (κ3) is 4.44. The number of β-amino-alcohol motifs (C(OH)–C–C–N with tert-alkyl or cyclic N) is 1. The molecule has 0 aliphatic carbocycles. The van der Waals surface area contributed by atoms with Crippen molar-refractivity contribution in [2.75, 3.05) is 19.6 Å². The lowest BCUT2D eigenvalue weighted by Crippen LogP contribution is -2.53. The van der Waals surface area contributed by atoms with Crippen LogP contribution < -0.4 is 5.32 Å². The number of halogens is 1. The highest BCUT2D eigenvalue weighted by molar-refractivity contribution is 6.30. The number of likely N-dealkylation sites (tertiary alicyclic amines) is 1. The average molecular weight is 373 g/mol. The van der Waals surface area contributed by atoms with Gasteiger partial charge in [0.05, 0.1) is 11.6 Å². The number of benzene rings is 2. The smallest absolute Gasteiger partial charge is 0.217 e. The molecule has 5 heteroatoms. The summed E-state index contributed by atoms with van der Waals surface area (Å²) in [4.78, 5) is 14.0. The minimum absolute atomic E-state index is 0.0106. The van der Waals surface area contributed by atoms with E-state index < -0.39 is 6.10 Å². The van der Waals surface area contributed by atoms with Gasteiger partial charge in [0, 0.05) is 31.6 Å². The number of hydrogen-bond donors (Lipinski definition) is 2. The van der Waals surface area contributed by atoms with Crippen LogP contribution in [0.25, 0.3) is 0 Å². The normalized spacial score (nSPS) is 18.3. The van der Waals surface area contributed by atoms with Crippen LogP contribution in [-0.4, -0.2) is 35.5 Å². The van der Waals surface area contributed by atoms with Crippen molar-refractivity contribution in [3.05, 3.63) is 70.7 Å². The van der Waals surface area contributed by atoms with Crippen LogP contribution >= 0.6 is 11.6 Å².